The molecule has 11 nitrogen and oxygen atoms in total. The Morgan fingerprint density at radius 2 is 1.63 bits per heavy atom. The molecule has 2 aromatic carbocycles. The number of nitrogens with zero attached hydrogens (tertiary/aromatic N) is 3. The quantitative estimate of drug-likeness (QED) is 0.168. The number of methoxy groups -OCH3 is 1. The molecule has 0 spiro atoms. The van der Waals surface area contributed by atoms with Gasteiger partial charge in [-0.2, -0.15) is 26.3 Å². The molecule has 17 heteroatoms. The number of imidazole rings is 1. The van der Waals surface area contributed by atoms with Crippen LogP contribution in [0.1, 0.15) is 28.4 Å². The van der Waals surface area contributed by atoms with Gasteiger partial charge in [0.15, 0.2) is 0 Å². The molecule has 1 aliphatic heterocycles. The van der Waals surface area contributed by atoms with Crippen molar-refractivity contribution < 1.29 is 55.6 Å². The fraction of sp³-hybridized carbons (Fsp3) is 0.276. The van der Waals surface area contributed by atoms with Crippen molar-refractivity contribution in [1.29, 1.82) is 0 Å². The molecular formula is C29H25F6N5O6. The third kappa shape index (κ3) is 7.30. The minimum Gasteiger partial charge on any atom is -0.497 e. The number of alkyl halides is 6. The molecule has 0 fully saturated rings. The van der Waals surface area contributed by atoms with E-state index in [0.29, 0.717) is 6.61 Å². The fourth-order valence-corrected chi connectivity index (χ4v) is 4.63. The number of aromatic amines is 2. The second-order valence-corrected chi connectivity index (χ2v) is 9.95. The predicted octanol–water partition coefficient (Wildman–Crippen LogP) is 6.11. The number of ether oxygens (including phenoxy) is 2. The van der Waals surface area contributed by atoms with Crippen LogP contribution in [0.25, 0.3) is 33.3 Å². The molecule has 1 unspecified atom stereocenters. The third-order valence-corrected chi connectivity index (χ3v) is 7.02. The van der Waals surface area contributed by atoms with Crippen LogP contribution in [0.3, 0.4) is 0 Å². The summed E-state index contributed by atoms with van der Waals surface area (Å²) in [6, 6.07) is 10.1. The van der Waals surface area contributed by atoms with E-state index in [1.165, 1.54) is 5.56 Å². The Morgan fingerprint density at radius 1 is 0.978 bits per heavy atom. The standard InChI is InChI=1S/C25H23N5O2.2C2HF3O2/c1-13-14(2)22-20(10-19(13)23-18-6-7-26-25(18)28-12-27-23)29-24(30-22)16-8-15-9-17(31-3)4-5-21(15)32-11-16;2*3-2(4,5)1(6)7/h4-7,9-10,12,16H,8,11H2,1-3H3,(H,29,30)(H,26,27,28);2*(H,6,7). The average Bonchev–Trinajstić information content (AvgIpc) is 3.66. The van der Waals surface area contributed by atoms with Crippen LogP contribution in [-0.2, 0) is 16.0 Å². The molecule has 6 rings (SSSR count). The van der Waals surface area contributed by atoms with Crippen LogP contribution >= 0.6 is 0 Å². The molecule has 0 saturated carbocycles. The van der Waals surface area contributed by atoms with E-state index in [2.05, 4.69) is 45.9 Å². The molecule has 1 atom stereocenters. The Labute approximate surface area is 255 Å². The van der Waals surface area contributed by atoms with Crippen LogP contribution in [0.2, 0.25) is 0 Å². The van der Waals surface area contributed by atoms with E-state index in [9.17, 15) is 26.3 Å². The molecule has 4 heterocycles. The summed E-state index contributed by atoms with van der Waals surface area (Å²) in [6.45, 7) is 4.85. The minimum absolute atomic E-state index is 0.153. The molecule has 244 valence electrons. The number of halogens is 6. The van der Waals surface area contributed by atoms with Crippen molar-refractivity contribution in [2.24, 2.45) is 0 Å². The highest BCUT2D eigenvalue weighted by Crippen LogP contribution is 2.37. The maximum atomic E-state index is 10.6. The van der Waals surface area contributed by atoms with Gasteiger partial charge in [-0.3, -0.25) is 0 Å². The Balaban J connectivity index is 0.000000289. The summed E-state index contributed by atoms with van der Waals surface area (Å²) in [7, 11) is 1.68. The molecular weight excluding hydrogens is 628 g/mol. The number of carboxylic acid groups (broad SMARTS) is 2. The predicted molar refractivity (Wildman–Crippen MR) is 151 cm³/mol. The summed E-state index contributed by atoms with van der Waals surface area (Å²) in [5.74, 6) is -2.65. The summed E-state index contributed by atoms with van der Waals surface area (Å²) in [4.78, 5) is 38.5. The number of H-pyrrole nitrogens is 2. The number of carbonyl (C=O) groups is 2. The molecule has 0 aliphatic carbocycles. The summed E-state index contributed by atoms with van der Waals surface area (Å²) < 4.78 is 74.9. The number of hydrogen-bond acceptors (Lipinski definition) is 7. The first-order chi connectivity index (χ1) is 21.5. The van der Waals surface area contributed by atoms with Gasteiger partial charge in [-0.05, 0) is 67.3 Å². The zero-order chi connectivity index (χ0) is 34.0. The van der Waals surface area contributed by atoms with Gasteiger partial charge in [-0.1, -0.05) is 0 Å². The normalized spacial score (nSPS) is 14.3. The van der Waals surface area contributed by atoms with E-state index in [1.807, 2.05) is 24.4 Å². The van der Waals surface area contributed by atoms with Gasteiger partial charge in [0.25, 0.3) is 0 Å². The van der Waals surface area contributed by atoms with Crippen molar-refractivity contribution in [1.82, 2.24) is 24.9 Å². The van der Waals surface area contributed by atoms with E-state index in [1.54, 1.807) is 13.4 Å². The lowest BCUT2D eigenvalue weighted by molar-refractivity contribution is -0.193. The number of nitrogens with one attached hydrogen (secondary N) is 2. The minimum atomic E-state index is -5.08. The number of aryl methyl sites for hydroxylation is 1. The summed E-state index contributed by atoms with van der Waals surface area (Å²) in [6.07, 6.45) is -5.81. The lowest BCUT2D eigenvalue weighted by Gasteiger charge is -2.24. The zero-order valence-electron chi connectivity index (χ0n) is 24.2. The van der Waals surface area contributed by atoms with Gasteiger partial charge in [0.2, 0.25) is 0 Å². The van der Waals surface area contributed by atoms with Crippen molar-refractivity contribution >= 4 is 34.0 Å². The largest absolute Gasteiger partial charge is 0.497 e. The van der Waals surface area contributed by atoms with Crippen molar-refractivity contribution in [2.75, 3.05) is 13.7 Å². The summed E-state index contributed by atoms with van der Waals surface area (Å²) in [5.41, 5.74) is 8.34. The van der Waals surface area contributed by atoms with Crippen LogP contribution in [0.15, 0.2) is 42.9 Å². The second kappa shape index (κ2) is 12.9. The lowest BCUT2D eigenvalue weighted by Crippen LogP contribution is -2.21. The highest BCUT2D eigenvalue weighted by atomic mass is 19.4. The molecule has 0 bridgehead atoms. The Bertz CT molecular complexity index is 1880. The van der Waals surface area contributed by atoms with Crippen LogP contribution < -0.4 is 9.47 Å². The third-order valence-electron chi connectivity index (χ3n) is 7.02. The smallest absolute Gasteiger partial charge is 0.490 e. The van der Waals surface area contributed by atoms with Gasteiger partial charge >= 0.3 is 24.3 Å². The van der Waals surface area contributed by atoms with Gasteiger partial charge in [0.05, 0.1) is 36.4 Å². The van der Waals surface area contributed by atoms with Crippen LogP contribution in [-0.4, -0.2) is 73.1 Å². The van der Waals surface area contributed by atoms with Crippen molar-refractivity contribution in [3.8, 4) is 22.8 Å². The average molecular weight is 654 g/mol. The Kier molecular flexibility index (Phi) is 9.44. The molecule has 3 aromatic heterocycles. The maximum absolute atomic E-state index is 10.6. The first-order valence-corrected chi connectivity index (χ1v) is 13.2. The highest BCUT2D eigenvalue weighted by Gasteiger charge is 2.39. The summed E-state index contributed by atoms with van der Waals surface area (Å²) >= 11 is 0. The van der Waals surface area contributed by atoms with Gasteiger partial charge in [0, 0.05) is 17.1 Å². The number of fused-ring (bicyclic) bond motifs is 3. The van der Waals surface area contributed by atoms with Gasteiger partial charge in [0.1, 0.15) is 29.3 Å². The van der Waals surface area contributed by atoms with Crippen molar-refractivity contribution in [2.45, 2.75) is 38.5 Å². The van der Waals surface area contributed by atoms with Gasteiger partial charge < -0.3 is 29.7 Å². The summed E-state index contributed by atoms with van der Waals surface area (Å²) in [5, 5.41) is 15.3. The molecule has 0 radical (unpaired) electrons. The zero-order valence-corrected chi connectivity index (χ0v) is 24.2. The van der Waals surface area contributed by atoms with Crippen molar-refractivity contribution in [3.63, 3.8) is 0 Å². The number of carboxylic acids is 2. The molecule has 0 saturated heterocycles. The number of aromatic nitrogens is 5. The number of aliphatic carboxylic acids is 2. The number of hydrogen-bond donors (Lipinski definition) is 4. The first kappa shape index (κ1) is 33.5. The van der Waals surface area contributed by atoms with E-state index in [0.717, 1.165) is 68.2 Å². The first-order valence-electron chi connectivity index (χ1n) is 13.2. The topological polar surface area (TPSA) is 163 Å². The monoisotopic (exact) mass is 653 g/mol. The SMILES string of the molecule is COc1ccc2c(c1)CC(c1nc3c(C)c(C)c(-c4ncnc5[nH]ccc45)cc3[nH]1)CO2.O=C(O)C(F)(F)F.O=C(O)C(F)(F)F. The number of benzene rings is 2. The number of rotatable bonds is 3. The van der Waals surface area contributed by atoms with E-state index >= 15 is 0 Å². The lowest BCUT2D eigenvalue weighted by atomic mass is 9.96. The van der Waals surface area contributed by atoms with Gasteiger partial charge in [-0.25, -0.2) is 24.5 Å². The van der Waals surface area contributed by atoms with Crippen LogP contribution in [0.5, 0.6) is 11.5 Å². The second-order valence-electron chi connectivity index (χ2n) is 9.95. The maximum Gasteiger partial charge on any atom is 0.490 e. The van der Waals surface area contributed by atoms with E-state index in [-0.39, 0.29) is 5.92 Å². The van der Waals surface area contributed by atoms with Crippen LogP contribution in [0.4, 0.5) is 26.3 Å². The highest BCUT2D eigenvalue weighted by molar-refractivity contribution is 5.95. The molecule has 5 aromatic rings. The molecule has 46 heavy (non-hydrogen) atoms. The van der Waals surface area contributed by atoms with Gasteiger partial charge in [-0.15, -0.1) is 0 Å². The molecule has 1 aliphatic rings. The van der Waals surface area contributed by atoms with E-state index < -0.39 is 24.3 Å². The Hall–Kier alpha value is -5.35. The Morgan fingerprint density at radius 3 is 2.24 bits per heavy atom. The van der Waals surface area contributed by atoms with Crippen LogP contribution in [0, 0.1) is 13.8 Å². The van der Waals surface area contributed by atoms with Crippen molar-refractivity contribution in [3.05, 3.63) is 65.4 Å². The molecule has 4 N–H and O–H groups in total. The molecule has 0 amide bonds. The fourth-order valence-electron chi connectivity index (χ4n) is 4.63. The van der Waals surface area contributed by atoms with E-state index in [4.69, 9.17) is 34.3 Å².